The van der Waals surface area contributed by atoms with Crippen LogP contribution < -0.4 is 0 Å². The summed E-state index contributed by atoms with van der Waals surface area (Å²) in [5.74, 6) is 1.53. The molecule has 1 amide bonds. The highest BCUT2D eigenvalue weighted by Crippen LogP contribution is 2.43. The highest BCUT2D eigenvalue weighted by atomic mass is 32.1. The Morgan fingerprint density at radius 1 is 1.30 bits per heavy atom. The number of rotatable bonds is 4. The van der Waals surface area contributed by atoms with Crippen LogP contribution in [0.5, 0.6) is 0 Å². The van der Waals surface area contributed by atoms with Crippen LogP contribution in [0.1, 0.15) is 47.3 Å². The minimum atomic E-state index is 0.274. The van der Waals surface area contributed by atoms with E-state index in [9.17, 15) is 4.79 Å². The summed E-state index contributed by atoms with van der Waals surface area (Å²) in [4.78, 5) is 18.7. The van der Waals surface area contributed by atoms with E-state index in [0.717, 1.165) is 50.7 Å². The largest absolute Gasteiger partial charge is 0.379 e. The molecule has 1 aliphatic carbocycles. The van der Waals surface area contributed by atoms with Gasteiger partial charge in [0.2, 0.25) is 0 Å². The number of likely N-dealkylation sites (tertiary alicyclic amines) is 1. The van der Waals surface area contributed by atoms with Crippen LogP contribution in [0.4, 0.5) is 0 Å². The van der Waals surface area contributed by atoms with Gasteiger partial charge in [-0.3, -0.25) is 9.69 Å². The molecule has 4 rings (SSSR count). The van der Waals surface area contributed by atoms with Crippen molar-refractivity contribution < 1.29 is 9.53 Å². The zero-order chi connectivity index (χ0) is 15.8. The number of nitrogens with zero attached hydrogens (tertiary/aromatic N) is 2. The van der Waals surface area contributed by atoms with Gasteiger partial charge in [0.25, 0.3) is 5.91 Å². The van der Waals surface area contributed by atoms with Crippen LogP contribution in [0.15, 0.2) is 11.4 Å². The molecular formula is C18H26N2O2S. The lowest BCUT2D eigenvalue weighted by Crippen LogP contribution is -2.47. The molecule has 126 valence electrons. The van der Waals surface area contributed by atoms with Crippen molar-refractivity contribution in [2.75, 3.05) is 39.4 Å². The standard InChI is InChI=1S/C18H26N2O2S/c1-2-13-11-20(12-16(13)19-6-8-22-9-7-19)18(21)17-15(5-10-23-17)14-3-4-14/h5,10,13-14,16H,2-4,6-9,11-12H2,1H3/t13-,16+/m1/s1. The zero-order valence-corrected chi connectivity index (χ0v) is 14.7. The second kappa shape index (κ2) is 6.54. The van der Waals surface area contributed by atoms with Gasteiger partial charge < -0.3 is 9.64 Å². The van der Waals surface area contributed by atoms with Gasteiger partial charge >= 0.3 is 0 Å². The topological polar surface area (TPSA) is 32.8 Å². The van der Waals surface area contributed by atoms with Crippen LogP contribution in [0, 0.1) is 5.92 Å². The summed E-state index contributed by atoms with van der Waals surface area (Å²) in [5.41, 5.74) is 1.31. The average molecular weight is 334 g/mol. The third-order valence-electron chi connectivity index (χ3n) is 5.64. The molecule has 2 atom stereocenters. The monoisotopic (exact) mass is 334 g/mol. The number of carbonyl (C=O) groups is 1. The van der Waals surface area contributed by atoms with Gasteiger partial charge in [-0.25, -0.2) is 0 Å². The maximum absolute atomic E-state index is 13.0. The number of hydrogen-bond donors (Lipinski definition) is 0. The summed E-state index contributed by atoms with van der Waals surface area (Å²) in [6.07, 6.45) is 3.65. The van der Waals surface area contributed by atoms with Gasteiger partial charge in [-0.15, -0.1) is 11.3 Å². The highest BCUT2D eigenvalue weighted by Gasteiger charge is 2.39. The summed E-state index contributed by atoms with van der Waals surface area (Å²) in [7, 11) is 0. The molecule has 0 N–H and O–H groups in total. The second-order valence-corrected chi connectivity index (χ2v) is 7.99. The van der Waals surface area contributed by atoms with E-state index in [2.05, 4.69) is 28.2 Å². The lowest BCUT2D eigenvalue weighted by atomic mass is 9.99. The molecule has 3 aliphatic rings. The normalized spacial score (nSPS) is 29.2. The van der Waals surface area contributed by atoms with E-state index in [1.165, 1.54) is 18.4 Å². The molecule has 0 bridgehead atoms. The van der Waals surface area contributed by atoms with Crippen LogP contribution in [-0.2, 0) is 4.74 Å². The molecule has 23 heavy (non-hydrogen) atoms. The second-order valence-electron chi connectivity index (χ2n) is 7.07. The lowest BCUT2D eigenvalue weighted by Gasteiger charge is -2.34. The van der Waals surface area contributed by atoms with E-state index in [4.69, 9.17) is 4.74 Å². The molecule has 4 nitrogen and oxygen atoms in total. The summed E-state index contributed by atoms with van der Waals surface area (Å²) in [6.45, 7) is 7.74. The Kier molecular flexibility index (Phi) is 4.43. The molecular weight excluding hydrogens is 308 g/mol. The molecule has 3 heterocycles. The van der Waals surface area contributed by atoms with Gasteiger partial charge in [0.15, 0.2) is 0 Å². The van der Waals surface area contributed by atoms with Crippen LogP contribution in [0.25, 0.3) is 0 Å². The number of amides is 1. The Bertz CT molecular complexity index is 563. The molecule has 5 heteroatoms. The Balaban J connectivity index is 1.48. The number of carbonyl (C=O) groups excluding carboxylic acids is 1. The number of morpholine rings is 1. The molecule has 1 saturated carbocycles. The Labute approximate surface area is 142 Å². The van der Waals surface area contributed by atoms with Gasteiger partial charge in [-0.2, -0.15) is 0 Å². The molecule has 3 fully saturated rings. The molecule has 2 saturated heterocycles. The third-order valence-corrected chi connectivity index (χ3v) is 6.56. The van der Waals surface area contributed by atoms with E-state index in [1.54, 1.807) is 11.3 Å². The molecule has 2 aliphatic heterocycles. The van der Waals surface area contributed by atoms with E-state index in [0.29, 0.717) is 17.9 Å². The van der Waals surface area contributed by atoms with E-state index in [1.807, 2.05) is 0 Å². The van der Waals surface area contributed by atoms with E-state index in [-0.39, 0.29) is 5.91 Å². The fourth-order valence-corrected chi connectivity index (χ4v) is 5.05. The summed E-state index contributed by atoms with van der Waals surface area (Å²) in [5, 5.41) is 2.09. The van der Waals surface area contributed by atoms with Gasteiger partial charge in [-0.05, 0) is 41.7 Å². The van der Waals surface area contributed by atoms with Crippen LogP contribution >= 0.6 is 11.3 Å². The smallest absolute Gasteiger partial charge is 0.264 e. The molecule has 0 spiro atoms. The minimum Gasteiger partial charge on any atom is -0.379 e. The van der Waals surface area contributed by atoms with Gasteiger partial charge in [0.05, 0.1) is 18.1 Å². The first-order valence-corrected chi connectivity index (χ1v) is 9.84. The maximum Gasteiger partial charge on any atom is 0.264 e. The molecule has 0 radical (unpaired) electrons. The SMILES string of the molecule is CC[C@@H]1CN(C(=O)c2sccc2C2CC2)C[C@@H]1N1CCOCC1. The van der Waals surface area contributed by atoms with Gasteiger partial charge in [-0.1, -0.05) is 13.3 Å². The van der Waals surface area contributed by atoms with Gasteiger partial charge in [0.1, 0.15) is 0 Å². The molecule has 1 aromatic heterocycles. The summed E-state index contributed by atoms with van der Waals surface area (Å²) >= 11 is 1.63. The summed E-state index contributed by atoms with van der Waals surface area (Å²) in [6, 6.07) is 2.68. The van der Waals surface area contributed by atoms with Crippen molar-refractivity contribution in [3.8, 4) is 0 Å². The highest BCUT2D eigenvalue weighted by molar-refractivity contribution is 7.12. The Morgan fingerprint density at radius 2 is 2.09 bits per heavy atom. The van der Waals surface area contributed by atoms with Crippen molar-refractivity contribution in [1.82, 2.24) is 9.80 Å². The minimum absolute atomic E-state index is 0.274. The number of hydrogen-bond acceptors (Lipinski definition) is 4. The van der Waals surface area contributed by atoms with Crippen LogP contribution in [0.3, 0.4) is 0 Å². The lowest BCUT2D eigenvalue weighted by molar-refractivity contribution is 0.0103. The van der Waals surface area contributed by atoms with Crippen molar-refractivity contribution in [2.24, 2.45) is 5.92 Å². The first kappa shape index (κ1) is 15.6. The maximum atomic E-state index is 13.0. The summed E-state index contributed by atoms with van der Waals surface area (Å²) < 4.78 is 5.49. The zero-order valence-electron chi connectivity index (χ0n) is 13.9. The molecule has 0 unspecified atom stereocenters. The third kappa shape index (κ3) is 3.06. The predicted molar refractivity (Wildman–Crippen MR) is 92.2 cm³/mol. The van der Waals surface area contributed by atoms with Crippen molar-refractivity contribution in [1.29, 1.82) is 0 Å². The first-order chi connectivity index (χ1) is 11.3. The quantitative estimate of drug-likeness (QED) is 0.849. The van der Waals surface area contributed by atoms with Crippen LogP contribution in [-0.4, -0.2) is 61.1 Å². The van der Waals surface area contributed by atoms with Crippen molar-refractivity contribution in [2.45, 2.75) is 38.1 Å². The van der Waals surface area contributed by atoms with E-state index < -0.39 is 0 Å². The molecule has 0 aromatic carbocycles. The average Bonchev–Trinajstić information content (AvgIpc) is 3.16. The fourth-order valence-electron chi connectivity index (χ4n) is 4.10. The molecule has 1 aromatic rings. The van der Waals surface area contributed by atoms with Crippen LogP contribution in [0.2, 0.25) is 0 Å². The first-order valence-electron chi connectivity index (χ1n) is 8.96. The van der Waals surface area contributed by atoms with Crippen molar-refractivity contribution in [3.05, 3.63) is 21.9 Å². The number of ether oxygens (including phenoxy) is 1. The van der Waals surface area contributed by atoms with E-state index >= 15 is 0 Å². The predicted octanol–water partition coefficient (Wildman–Crippen LogP) is 2.81. The Morgan fingerprint density at radius 3 is 2.78 bits per heavy atom. The van der Waals surface area contributed by atoms with Gasteiger partial charge in [0, 0.05) is 32.2 Å². The number of thiophene rings is 1. The fraction of sp³-hybridized carbons (Fsp3) is 0.722. The van der Waals surface area contributed by atoms with Crippen molar-refractivity contribution in [3.63, 3.8) is 0 Å². The Hall–Kier alpha value is -0.910. The van der Waals surface area contributed by atoms with Crippen molar-refractivity contribution >= 4 is 17.2 Å².